The number of piperidine rings is 1. The molecule has 0 aromatic carbocycles. The summed E-state index contributed by atoms with van der Waals surface area (Å²) in [6.07, 6.45) is 5.91. The number of nitrogens with zero attached hydrogens (tertiary/aromatic N) is 5. The van der Waals surface area contributed by atoms with E-state index in [1.54, 1.807) is 13.1 Å². The molecule has 0 unspecified atom stereocenters. The Bertz CT molecular complexity index is 1070. The van der Waals surface area contributed by atoms with Crippen molar-refractivity contribution in [3.05, 3.63) is 57.2 Å². The Morgan fingerprint density at radius 3 is 2.74 bits per heavy atom. The van der Waals surface area contributed by atoms with Crippen LogP contribution in [0.15, 0.2) is 23.3 Å². The van der Waals surface area contributed by atoms with Crippen LogP contribution in [-0.2, 0) is 0 Å². The zero-order valence-corrected chi connectivity index (χ0v) is 15.7. The highest BCUT2D eigenvalue weighted by molar-refractivity contribution is 5.92. The lowest BCUT2D eigenvalue weighted by Gasteiger charge is -2.34. The van der Waals surface area contributed by atoms with Crippen molar-refractivity contribution >= 4 is 11.6 Å². The molecule has 1 N–H and O–H groups in total. The van der Waals surface area contributed by atoms with Gasteiger partial charge in [0, 0.05) is 30.1 Å². The van der Waals surface area contributed by atoms with Gasteiger partial charge in [0.15, 0.2) is 5.65 Å². The van der Waals surface area contributed by atoms with Gasteiger partial charge in [-0.05, 0) is 40.0 Å². The van der Waals surface area contributed by atoms with E-state index in [1.165, 1.54) is 10.7 Å². The van der Waals surface area contributed by atoms with Crippen LogP contribution in [0.1, 0.15) is 58.4 Å². The molecular weight excluding hydrogens is 344 g/mol. The molecule has 4 heterocycles. The van der Waals surface area contributed by atoms with E-state index < -0.39 is 0 Å². The zero-order valence-electron chi connectivity index (χ0n) is 15.7. The molecule has 1 fully saturated rings. The van der Waals surface area contributed by atoms with Gasteiger partial charge < -0.3 is 4.90 Å². The summed E-state index contributed by atoms with van der Waals surface area (Å²) in [6.45, 7) is 6.08. The maximum Gasteiger partial charge on any atom is 0.275 e. The molecule has 3 aromatic rings. The molecule has 1 saturated heterocycles. The summed E-state index contributed by atoms with van der Waals surface area (Å²) in [5, 5.41) is 3.16. The Morgan fingerprint density at radius 1 is 1.19 bits per heavy atom. The quantitative estimate of drug-likeness (QED) is 0.749. The fourth-order valence-corrected chi connectivity index (χ4v) is 3.56. The van der Waals surface area contributed by atoms with Gasteiger partial charge in [-0.25, -0.2) is 14.5 Å². The lowest BCUT2D eigenvalue weighted by atomic mass is 9.99. The predicted molar refractivity (Wildman–Crippen MR) is 99.7 cm³/mol. The minimum atomic E-state index is -0.143. The van der Waals surface area contributed by atoms with Gasteiger partial charge in [0.05, 0.1) is 23.6 Å². The van der Waals surface area contributed by atoms with Gasteiger partial charge in [0.25, 0.3) is 11.5 Å². The van der Waals surface area contributed by atoms with Gasteiger partial charge in [-0.3, -0.25) is 19.7 Å². The van der Waals surface area contributed by atoms with Crippen molar-refractivity contribution in [1.29, 1.82) is 0 Å². The first-order valence-corrected chi connectivity index (χ1v) is 9.14. The van der Waals surface area contributed by atoms with Crippen LogP contribution >= 0.6 is 0 Å². The largest absolute Gasteiger partial charge is 0.329 e. The van der Waals surface area contributed by atoms with Crippen molar-refractivity contribution in [2.75, 3.05) is 6.54 Å². The highest BCUT2D eigenvalue weighted by atomic mass is 16.2. The Balaban J connectivity index is 1.73. The molecule has 1 aliphatic heterocycles. The first-order chi connectivity index (χ1) is 13.0. The number of carbonyl (C=O) groups is 1. The Kier molecular flexibility index (Phi) is 4.25. The smallest absolute Gasteiger partial charge is 0.275 e. The second kappa shape index (κ2) is 6.61. The van der Waals surface area contributed by atoms with Crippen molar-refractivity contribution in [1.82, 2.24) is 29.5 Å². The lowest BCUT2D eigenvalue weighted by Crippen LogP contribution is -2.39. The van der Waals surface area contributed by atoms with Gasteiger partial charge in [0.2, 0.25) is 0 Å². The number of carbonyl (C=O) groups excluding carboxylic acids is 1. The maximum atomic E-state index is 13.0. The average molecular weight is 366 g/mol. The molecule has 4 rings (SSSR count). The van der Waals surface area contributed by atoms with E-state index in [1.807, 2.05) is 24.8 Å². The Morgan fingerprint density at radius 2 is 2.00 bits per heavy atom. The Hall–Kier alpha value is -3.03. The first kappa shape index (κ1) is 17.4. The molecule has 0 aliphatic carbocycles. The number of H-pyrrole nitrogens is 1. The van der Waals surface area contributed by atoms with E-state index >= 15 is 0 Å². The fraction of sp³-hybridized carbons (Fsp3) is 0.421. The first-order valence-electron chi connectivity index (χ1n) is 9.14. The third-order valence-electron chi connectivity index (χ3n) is 5.23. The van der Waals surface area contributed by atoms with E-state index in [2.05, 4.69) is 20.1 Å². The van der Waals surface area contributed by atoms with Gasteiger partial charge in [0.1, 0.15) is 5.69 Å². The summed E-state index contributed by atoms with van der Waals surface area (Å²) in [7, 11) is 0. The number of aromatic amines is 1. The molecule has 0 radical (unpaired) electrons. The SMILES string of the molecule is Cc1cnc(C(=O)N2CCCC[C@@H]2c2cc3nc(C)c(C)c(=O)n3[nH]2)cn1. The second-order valence-corrected chi connectivity index (χ2v) is 7.09. The molecule has 3 aromatic heterocycles. The summed E-state index contributed by atoms with van der Waals surface area (Å²) in [5.41, 5.74) is 3.73. The molecule has 8 nitrogen and oxygen atoms in total. The van der Waals surface area contributed by atoms with Crippen LogP contribution in [0.3, 0.4) is 0 Å². The maximum absolute atomic E-state index is 13.0. The second-order valence-electron chi connectivity index (χ2n) is 7.09. The van der Waals surface area contributed by atoms with Crippen molar-refractivity contribution in [3.8, 4) is 0 Å². The molecule has 1 amide bonds. The van der Waals surface area contributed by atoms with Gasteiger partial charge in [-0.15, -0.1) is 0 Å². The fourth-order valence-electron chi connectivity index (χ4n) is 3.56. The molecule has 0 saturated carbocycles. The van der Waals surface area contributed by atoms with Crippen LogP contribution in [0, 0.1) is 20.8 Å². The number of amides is 1. The topological polar surface area (TPSA) is 96.3 Å². The standard InChI is InChI=1S/C19H22N6O2/c1-11-9-21-15(10-20-11)19(27)24-7-5-4-6-16(24)14-8-17-22-13(3)12(2)18(26)25(17)23-14/h8-10,16,23H,4-7H2,1-3H3/t16-/m1/s1. The van der Waals surface area contributed by atoms with Crippen LogP contribution in [-0.4, -0.2) is 41.9 Å². The minimum Gasteiger partial charge on any atom is -0.329 e. The van der Waals surface area contributed by atoms with Gasteiger partial charge >= 0.3 is 0 Å². The molecular formula is C19H22N6O2. The average Bonchev–Trinajstić information content (AvgIpc) is 3.10. The summed E-state index contributed by atoms with van der Waals surface area (Å²) in [4.78, 5) is 40.2. The van der Waals surface area contributed by atoms with Gasteiger partial charge in [-0.1, -0.05) is 0 Å². The van der Waals surface area contributed by atoms with Crippen LogP contribution in [0.2, 0.25) is 0 Å². The highest BCUT2D eigenvalue weighted by Crippen LogP contribution is 2.31. The van der Waals surface area contributed by atoms with E-state index in [4.69, 9.17) is 0 Å². The number of hydrogen-bond acceptors (Lipinski definition) is 5. The third-order valence-corrected chi connectivity index (χ3v) is 5.23. The number of hydrogen-bond donors (Lipinski definition) is 1. The molecule has 140 valence electrons. The summed E-state index contributed by atoms with van der Waals surface area (Å²) < 4.78 is 1.46. The number of aryl methyl sites for hydroxylation is 2. The molecule has 0 bridgehead atoms. The summed E-state index contributed by atoms with van der Waals surface area (Å²) >= 11 is 0. The number of nitrogens with one attached hydrogen (secondary N) is 1. The van der Waals surface area contributed by atoms with E-state index in [0.717, 1.165) is 36.3 Å². The number of rotatable bonds is 2. The number of likely N-dealkylation sites (tertiary alicyclic amines) is 1. The van der Waals surface area contributed by atoms with Crippen molar-refractivity contribution in [2.24, 2.45) is 0 Å². The van der Waals surface area contributed by atoms with Crippen LogP contribution in [0.4, 0.5) is 0 Å². The predicted octanol–water partition coefficient (Wildman–Crippen LogP) is 2.11. The zero-order chi connectivity index (χ0) is 19.1. The Labute approximate surface area is 156 Å². The lowest BCUT2D eigenvalue weighted by molar-refractivity contribution is 0.0599. The highest BCUT2D eigenvalue weighted by Gasteiger charge is 2.31. The summed E-state index contributed by atoms with van der Waals surface area (Å²) in [6, 6.07) is 1.72. The molecule has 1 atom stereocenters. The van der Waals surface area contributed by atoms with Gasteiger partial charge in [-0.2, -0.15) is 0 Å². The van der Waals surface area contributed by atoms with Crippen molar-refractivity contribution in [3.63, 3.8) is 0 Å². The number of aromatic nitrogens is 5. The normalized spacial score (nSPS) is 17.4. The molecule has 0 spiro atoms. The minimum absolute atomic E-state index is 0.109. The van der Waals surface area contributed by atoms with Crippen LogP contribution in [0.25, 0.3) is 5.65 Å². The molecule has 8 heteroatoms. The molecule has 1 aliphatic rings. The van der Waals surface area contributed by atoms with Crippen LogP contribution in [0.5, 0.6) is 0 Å². The van der Waals surface area contributed by atoms with Crippen molar-refractivity contribution in [2.45, 2.75) is 46.1 Å². The van der Waals surface area contributed by atoms with E-state index in [0.29, 0.717) is 23.4 Å². The monoisotopic (exact) mass is 366 g/mol. The third kappa shape index (κ3) is 3.01. The van der Waals surface area contributed by atoms with Crippen molar-refractivity contribution < 1.29 is 4.79 Å². The number of fused-ring (bicyclic) bond motifs is 1. The van der Waals surface area contributed by atoms with E-state index in [9.17, 15) is 9.59 Å². The summed E-state index contributed by atoms with van der Waals surface area (Å²) in [5.74, 6) is -0.140. The van der Waals surface area contributed by atoms with Crippen LogP contribution < -0.4 is 5.56 Å². The van der Waals surface area contributed by atoms with E-state index in [-0.39, 0.29) is 17.5 Å². The molecule has 27 heavy (non-hydrogen) atoms.